The smallest absolute Gasteiger partial charge is 0.223 e. The molecule has 9 nitrogen and oxygen atoms in total. The van der Waals surface area contributed by atoms with Crippen LogP contribution in [-0.4, -0.2) is 79.5 Å². The van der Waals surface area contributed by atoms with Crippen molar-refractivity contribution in [2.45, 2.75) is 32.5 Å². The number of aryl methyl sites for hydroxylation is 1. The molecule has 0 aliphatic carbocycles. The molecule has 156 valence electrons. The molecule has 0 bridgehead atoms. The summed E-state index contributed by atoms with van der Waals surface area (Å²) >= 11 is 0. The van der Waals surface area contributed by atoms with Crippen LogP contribution >= 0.6 is 24.8 Å². The number of nitrogens with zero attached hydrogens (tertiary/aromatic N) is 7. The van der Waals surface area contributed by atoms with Crippen LogP contribution in [0.5, 0.6) is 0 Å². The minimum atomic E-state index is 0. The SMILES string of the molecule is Cl.Cl.O=C(CCc1cc2n(n1)CCNC2)N1CCN(CCn2cncn2)CC1. The number of fused-ring (bicyclic) bond motifs is 1. The second kappa shape index (κ2) is 10.8. The van der Waals surface area contributed by atoms with Gasteiger partial charge in [0.2, 0.25) is 5.91 Å². The minimum absolute atomic E-state index is 0. The second-order valence-corrected chi connectivity index (χ2v) is 6.91. The lowest BCUT2D eigenvalue weighted by atomic mass is 10.2. The number of amides is 1. The first-order valence-electron chi connectivity index (χ1n) is 9.37. The molecule has 28 heavy (non-hydrogen) atoms. The average molecular weight is 431 g/mol. The van der Waals surface area contributed by atoms with Crippen LogP contribution in [0.15, 0.2) is 18.7 Å². The van der Waals surface area contributed by atoms with Gasteiger partial charge in [-0.15, -0.1) is 24.8 Å². The fraction of sp³-hybridized carbons (Fsp3) is 0.647. The highest BCUT2D eigenvalue weighted by molar-refractivity contribution is 5.85. The van der Waals surface area contributed by atoms with Gasteiger partial charge in [-0.3, -0.25) is 19.1 Å². The molecule has 0 radical (unpaired) electrons. The Morgan fingerprint density at radius 3 is 2.64 bits per heavy atom. The maximum absolute atomic E-state index is 12.5. The average Bonchev–Trinajstić information content (AvgIpc) is 3.34. The highest BCUT2D eigenvalue weighted by Gasteiger charge is 2.21. The van der Waals surface area contributed by atoms with E-state index in [0.29, 0.717) is 6.42 Å². The molecule has 0 aromatic carbocycles. The van der Waals surface area contributed by atoms with E-state index in [1.807, 2.05) is 9.58 Å². The van der Waals surface area contributed by atoms with Crippen molar-refractivity contribution in [3.63, 3.8) is 0 Å². The van der Waals surface area contributed by atoms with Crippen molar-refractivity contribution in [3.05, 3.63) is 30.1 Å². The van der Waals surface area contributed by atoms with Crippen molar-refractivity contribution < 1.29 is 4.79 Å². The third-order valence-electron chi connectivity index (χ3n) is 5.15. The molecule has 2 aromatic rings. The molecule has 2 aliphatic rings. The van der Waals surface area contributed by atoms with Gasteiger partial charge in [0.1, 0.15) is 12.7 Å². The summed E-state index contributed by atoms with van der Waals surface area (Å²) in [6.45, 7) is 7.99. The van der Waals surface area contributed by atoms with Gasteiger partial charge in [-0.2, -0.15) is 10.2 Å². The van der Waals surface area contributed by atoms with Gasteiger partial charge in [0, 0.05) is 58.7 Å². The van der Waals surface area contributed by atoms with Crippen LogP contribution in [0.3, 0.4) is 0 Å². The fourth-order valence-corrected chi connectivity index (χ4v) is 3.58. The van der Waals surface area contributed by atoms with E-state index in [1.165, 1.54) is 5.69 Å². The van der Waals surface area contributed by atoms with E-state index in [1.54, 1.807) is 12.7 Å². The number of carbonyl (C=O) groups excluding carboxylic acids is 1. The zero-order valence-corrected chi connectivity index (χ0v) is 17.5. The number of hydrogen-bond donors (Lipinski definition) is 1. The molecule has 1 amide bonds. The number of rotatable bonds is 6. The first-order chi connectivity index (χ1) is 12.8. The summed E-state index contributed by atoms with van der Waals surface area (Å²) in [6, 6.07) is 2.13. The maximum atomic E-state index is 12.5. The molecular formula is C17H28Cl2N8O. The van der Waals surface area contributed by atoms with Gasteiger partial charge in [0.15, 0.2) is 0 Å². The van der Waals surface area contributed by atoms with Gasteiger partial charge in [-0.05, 0) is 6.07 Å². The lowest BCUT2D eigenvalue weighted by molar-refractivity contribution is -0.132. The predicted octanol–water partition coefficient (Wildman–Crippen LogP) is 0.198. The molecule has 1 saturated heterocycles. The largest absolute Gasteiger partial charge is 0.340 e. The van der Waals surface area contributed by atoms with E-state index in [9.17, 15) is 4.79 Å². The summed E-state index contributed by atoms with van der Waals surface area (Å²) in [5.74, 6) is 0.241. The molecule has 0 unspecified atom stereocenters. The molecule has 1 fully saturated rings. The minimum Gasteiger partial charge on any atom is -0.340 e. The first kappa shape index (κ1) is 22.6. The number of carbonyl (C=O) groups is 1. The van der Waals surface area contributed by atoms with Gasteiger partial charge < -0.3 is 10.2 Å². The Hall–Kier alpha value is -1.68. The lowest BCUT2D eigenvalue weighted by Gasteiger charge is -2.34. The number of halogens is 2. The van der Waals surface area contributed by atoms with Gasteiger partial charge in [-0.1, -0.05) is 0 Å². The molecule has 0 atom stereocenters. The molecule has 4 heterocycles. The monoisotopic (exact) mass is 430 g/mol. The van der Waals surface area contributed by atoms with Crippen molar-refractivity contribution in [2.75, 3.05) is 39.3 Å². The van der Waals surface area contributed by atoms with Crippen LogP contribution in [0.4, 0.5) is 0 Å². The first-order valence-corrected chi connectivity index (χ1v) is 9.37. The number of piperazine rings is 1. The summed E-state index contributed by atoms with van der Waals surface area (Å²) in [7, 11) is 0. The number of aromatic nitrogens is 5. The Kier molecular flexibility index (Phi) is 8.68. The fourth-order valence-electron chi connectivity index (χ4n) is 3.58. The Morgan fingerprint density at radius 2 is 1.93 bits per heavy atom. The van der Waals surface area contributed by atoms with Crippen LogP contribution in [0.2, 0.25) is 0 Å². The quantitative estimate of drug-likeness (QED) is 0.704. The zero-order valence-electron chi connectivity index (χ0n) is 15.9. The topological polar surface area (TPSA) is 84.1 Å². The molecular weight excluding hydrogens is 403 g/mol. The van der Waals surface area contributed by atoms with E-state index >= 15 is 0 Å². The van der Waals surface area contributed by atoms with Crippen LogP contribution < -0.4 is 5.32 Å². The molecule has 4 rings (SSSR count). The van der Waals surface area contributed by atoms with Crippen molar-refractivity contribution in [2.24, 2.45) is 0 Å². The van der Waals surface area contributed by atoms with Crippen molar-refractivity contribution in [1.82, 2.24) is 39.7 Å². The van der Waals surface area contributed by atoms with Crippen LogP contribution in [0.1, 0.15) is 17.8 Å². The standard InChI is InChI=1S/C17H26N8O.2ClH/c26-17(2-1-15-11-16-12-18-3-4-25(16)21-15)23-8-5-22(6-9-23)7-10-24-14-19-13-20-24;;/h11,13-14,18H,1-10,12H2;2*1H. The van der Waals surface area contributed by atoms with Crippen LogP contribution in [-0.2, 0) is 30.8 Å². The second-order valence-electron chi connectivity index (χ2n) is 6.91. The van der Waals surface area contributed by atoms with Gasteiger partial charge >= 0.3 is 0 Å². The van der Waals surface area contributed by atoms with Crippen LogP contribution in [0.25, 0.3) is 0 Å². The molecule has 2 aromatic heterocycles. The summed E-state index contributed by atoms with van der Waals surface area (Å²) in [5.41, 5.74) is 2.25. The van der Waals surface area contributed by atoms with E-state index in [0.717, 1.165) is 71.0 Å². The predicted molar refractivity (Wildman–Crippen MR) is 110 cm³/mol. The van der Waals surface area contributed by atoms with Gasteiger partial charge in [0.05, 0.1) is 24.5 Å². The third-order valence-corrected chi connectivity index (χ3v) is 5.15. The molecule has 1 N–H and O–H groups in total. The van der Waals surface area contributed by atoms with Crippen molar-refractivity contribution in [1.29, 1.82) is 0 Å². The zero-order chi connectivity index (χ0) is 17.8. The Morgan fingerprint density at radius 1 is 1.11 bits per heavy atom. The summed E-state index contributed by atoms with van der Waals surface area (Å²) in [4.78, 5) is 20.8. The van der Waals surface area contributed by atoms with E-state index in [4.69, 9.17) is 0 Å². The van der Waals surface area contributed by atoms with Gasteiger partial charge in [-0.25, -0.2) is 4.98 Å². The molecule has 11 heteroatoms. The van der Waals surface area contributed by atoms with Crippen LogP contribution in [0, 0.1) is 0 Å². The lowest BCUT2D eigenvalue weighted by Crippen LogP contribution is -2.49. The maximum Gasteiger partial charge on any atom is 0.223 e. The van der Waals surface area contributed by atoms with E-state index in [-0.39, 0.29) is 30.7 Å². The van der Waals surface area contributed by atoms with Gasteiger partial charge in [0.25, 0.3) is 0 Å². The van der Waals surface area contributed by atoms with E-state index < -0.39 is 0 Å². The molecule has 0 spiro atoms. The summed E-state index contributed by atoms with van der Waals surface area (Å²) in [6.07, 6.45) is 4.57. The van der Waals surface area contributed by atoms with E-state index in [2.05, 4.69) is 36.1 Å². The van der Waals surface area contributed by atoms with Crippen molar-refractivity contribution in [3.8, 4) is 0 Å². The Labute approximate surface area is 177 Å². The Bertz CT molecular complexity index is 704. The highest BCUT2D eigenvalue weighted by atomic mass is 35.5. The number of hydrogen-bond acceptors (Lipinski definition) is 6. The summed E-state index contributed by atoms with van der Waals surface area (Å²) in [5, 5.41) is 12.1. The number of nitrogens with one attached hydrogen (secondary N) is 1. The Balaban J connectivity index is 0.00000140. The third kappa shape index (κ3) is 5.66. The van der Waals surface area contributed by atoms with Crippen molar-refractivity contribution >= 4 is 30.7 Å². The molecule has 2 aliphatic heterocycles. The summed E-state index contributed by atoms with van der Waals surface area (Å²) < 4.78 is 3.90. The normalized spacial score (nSPS) is 16.8. The highest BCUT2D eigenvalue weighted by Crippen LogP contribution is 2.11. The molecule has 0 saturated carbocycles.